The molecule has 0 bridgehead atoms. The number of para-hydroxylation sites is 2. The standard InChI is InChI=1S/C18H14N2OS/c21-18-15-8-4-5-9-16(15)19-17(13-10-11-22-12-13)20(18)14-6-2-1-3-7-14/h1-12,17,19H. The zero-order valence-electron chi connectivity index (χ0n) is 11.8. The molecule has 22 heavy (non-hydrogen) atoms. The number of anilines is 2. The highest BCUT2D eigenvalue weighted by atomic mass is 32.1. The summed E-state index contributed by atoms with van der Waals surface area (Å²) in [5, 5.41) is 7.60. The fourth-order valence-electron chi connectivity index (χ4n) is 2.77. The van der Waals surface area contributed by atoms with Crippen LogP contribution in [0.1, 0.15) is 22.1 Å². The van der Waals surface area contributed by atoms with Gasteiger partial charge in [0, 0.05) is 16.9 Å². The number of fused-ring (bicyclic) bond motifs is 1. The van der Waals surface area contributed by atoms with Crippen LogP contribution in [0.4, 0.5) is 11.4 Å². The minimum atomic E-state index is -0.184. The van der Waals surface area contributed by atoms with Gasteiger partial charge in [0.05, 0.1) is 5.56 Å². The van der Waals surface area contributed by atoms with Crippen molar-refractivity contribution in [3.63, 3.8) is 0 Å². The van der Waals surface area contributed by atoms with Gasteiger partial charge in [0.25, 0.3) is 5.91 Å². The molecule has 1 amide bonds. The molecule has 1 atom stereocenters. The van der Waals surface area contributed by atoms with Gasteiger partial charge >= 0.3 is 0 Å². The third kappa shape index (κ3) is 2.09. The molecular weight excluding hydrogens is 292 g/mol. The van der Waals surface area contributed by atoms with Crippen molar-refractivity contribution in [3.05, 3.63) is 82.6 Å². The van der Waals surface area contributed by atoms with Crippen LogP contribution in [0.25, 0.3) is 0 Å². The van der Waals surface area contributed by atoms with Gasteiger partial charge in [-0.25, -0.2) is 0 Å². The summed E-state index contributed by atoms with van der Waals surface area (Å²) in [5.74, 6) is 0.0248. The molecule has 4 rings (SSSR count). The monoisotopic (exact) mass is 306 g/mol. The first-order valence-electron chi connectivity index (χ1n) is 7.11. The van der Waals surface area contributed by atoms with Crippen molar-refractivity contribution in [2.45, 2.75) is 6.17 Å². The van der Waals surface area contributed by atoms with Gasteiger partial charge in [0.2, 0.25) is 0 Å². The molecule has 3 nitrogen and oxygen atoms in total. The summed E-state index contributed by atoms with van der Waals surface area (Å²) in [4.78, 5) is 14.8. The molecule has 0 saturated carbocycles. The highest BCUT2D eigenvalue weighted by Crippen LogP contribution is 2.36. The Morgan fingerprint density at radius 3 is 2.50 bits per heavy atom. The molecule has 0 saturated heterocycles. The van der Waals surface area contributed by atoms with E-state index < -0.39 is 0 Å². The van der Waals surface area contributed by atoms with Crippen LogP contribution in [0.3, 0.4) is 0 Å². The average Bonchev–Trinajstić information content (AvgIpc) is 3.10. The topological polar surface area (TPSA) is 32.3 Å². The number of carbonyl (C=O) groups excluding carboxylic acids is 1. The molecular formula is C18H14N2OS. The van der Waals surface area contributed by atoms with Crippen LogP contribution in [-0.4, -0.2) is 5.91 Å². The zero-order chi connectivity index (χ0) is 14.9. The number of thiophene rings is 1. The number of nitrogens with one attached hydrogen (secondary N) is 1. The van der Waals surface area contributed by atoms with E-state index in [9.17, 15) is 4.79 Å². The minimum Gasteiger partial charge on any atom is -0.360 e. The summed E-state index contributed by atoms with van der Waals surface area (Å²) >= 11 is 1.64. The summed E-state index contributed by atoms with van der Waals surface area (Å²) in [7, 11) is 0. The lowest BCUT2D eigenvalue weighted by atomic mass is 10.0. The van der Waals surface area contributed by atoms with Gasteiger partial charge in [-0.15, -0.1) is 0 Å². The molecule has 1 aliphatic heterocycles. The van der Waals surface area contributed by atoms with Crippen molar-refractivity contribution in [1.82, 2.24) is 0 Å². The van der Waals surface area contributed by atoms with Crippen molar-refractivity contribution < 1.29 is 4.79 Å². The summed E-state index contributed by atoms with van der Waals surface area (Å²) < 4.78 is 0. The number of nitrogens with zero attached hydrogens (tertiary/aromatic N) is 1. The Hall–Kier alpha value is -2.59. The Bertz CT molecular complexity index is 799. The van der Waals surface area contributed by atoms with Crippen LogP contribution in [0.15, 0.2) is 71.4 Å². The van der Waals surface area contributed by atoms with Gasteiger partial charge in [-0.2, -0.15) is 11.3 Å². The predicted molar refractivity (Wildman–Crippen MR) is 90.4 cm³/mol. The number of amides is 1. The molecule has 108 valence electrons. The Balaban J connectivity index is 1.87. The second-order valence-electron chi connectivity index (χ2n) is 5.16. The maximum absolute atomic E-state index is 13.0. The second-order valence-corrected chi connectivity index (χ2v) is 5.94. The average molecular weight is 306 g/mol. The van der Waals surface area contributed by atoms with E-state index in [1.807, 2.05) is 64.9 Å². The number of carbonyl (C=O) groups is 1. The Labute approximate surface area is 132 Å². The largest absolute Gasteiger partial charge is 0.360 e. The van der Waals surface area contributed by atoms with E-state index in [0.29, 0.717) is 5.56 Å². The van der Waals surface area contributed by atoms with Crippen LogP contribution in [-0.2, 0) is 0 Å². The normalized spacial score (nSPS) is 17.0. The highest BCUT2D eigenvalue weighted by Gasteiger charge is 2.33. The van der Waals surface area contributed by atoms with Gasteiger partial charge in [0.1, 0.15) is 6.17 Å². The first-order chi connectivity index (χ1) is 10.8. The van der Waals surface area contributed by atoms with Gasteiger partial charge < -0.3 is 5.32 Å². The first-order valence-corrected chi connectivity index (χ1v) is 8.05. The quantitative estimate of drug-likeness (QED) is 0.755. The highest BCUT2D eigenvalue weighted by molar-refractivity contribution is 7.08. The van der Waals surface area contributed by atoms with Crippen LogP contribution in [0.5, 0.6) is 0 Å². The maximum atomic E-state index is 13.0. The molecule has 1 aromatic heterocycles. The summed E-state index contributed by atoms with van der Waals surface area (Å²) in [6, 6.07) is 19.5. The van der Waals surface area contributed by atoms with Gasteiger partial charge in [0.15, 0.2) is 0 Å². The van der Waals surface area contributed by atoms with Crippen LogP contribution in [0.2, 0.25) is 0 Å². The molecule has 0 radical (unpaired) electrons. The molecule has 4 heteroatoms. The maximum Gasteiger partial charge on any atom is 0.262 e. The Morgan fingerprint density at radius 2 is 1.73 bits per heavy atom. The summed E-state index contributed by atoms with van der Waals surface area (Å²) in [6.45, 7) is 0. The zero-order valence-corrected chi connectivity index (χ0v) is 12.6. The Morgan fingerprint density at radius 1 is 0.955 bits per heavy atom. The van der Waals surface area contributed by atoms with Gasteiger partial charge in [-0.3, -0.25) is 9.69 Å². The number of benzene rings is 2. The lowest BCUT2D eigenvalue weighted by Gasteiger charge is -2.37. The fraction of sp³-hybridized carbons (Fsp3) is 0.0556. The lowest BCUT2D eigenvalue weighted by molar-refractivity contribution is 0.0975. The van der Waals surface area contributed by atoms with Crippen molar-refractivity contribution >= 4 is 28.6 Å². The van der Waals surface area contributed by atoms with Gasteiger partial charge in [-0.1, -0.05) is 30.3 Å². The second kappa shape index (κ2) is 5.31. The van der Waals surface area contributed by atoms with E-state index in [2.05, 4.69) is 16.8 Å². The van der Waals surface area contributed by atoms with Gasteiger partial charge in [-0.05, 0) is 41.1 Å². The molecule has 0 aliphatic carbocycles. The van der Waals surface area contributed by atoms with E-state index >= 15 is 0 Å². The van der Waals surface area contributed by atoms with Crippen LogP contribution >= 0.6 is 11.3 Å². The molecule has 2 aromatic carbocycles. The van der Waals surface area contributed by atoms with Crippen molar-refractivity contribution in [2.24, 2.45) is 0 Å². The molecule has 0 spiro atoms. The van der Waals surface area contributed by atoms with E-state index in [1.165, 1.54) is 0 Å². The first kappa shape index (κ1) is 13.1. The predicted octanol–water partition coefficient (Wildman–Crippen LogP) is 4.52. The molecule has 0 fully saturated rings. The molecule has 1 aliphatic rings. The van der Waals surface area contributed by atoms with E-state index in [1.54, 1.807) is 11.3 Å². The number of hydrogen-bond donors (Lipinski definition) is 1. The van der Waals surface area contributed by atoms with E-state index in [0.717, 1.165) is 16.9 Å². The number of hydrogen-bond acceptors (Lipinski definition) is 3. The van der Waals surface area contributed by atoms with Crippen LogP contribution < -0.4 is 10.2 Å². The summed E-state index contributed by atoms with van der Waals surface area (Å²) in [5.41, 5.74) is 3.58. The SMILES string of the molecule is O=C1c2ccccc2NC(c2ccsc2)N1c1ccccc1. The molecule has 2 heterocycles. The van der Waals surface area contributed by atoms with Crippen molar-refractivity contribution in [1.29, 1.82) is 0 Å². The fourth-order valence-corrected chi connectivity index (χ4v) is 3.45. The Kier molecular flexibility index (Phi) is 3.16. The van der Waals surface area contributed by atoms with Crippen molar-refractivity contribution in [2.75, 3.05) is 10.2 Å². The lowest BCUT2D eigenvalue weighted by Crippen LogP contribution is -2.43. The third-order valence-corrected chi connectivity index (χ3v) is 4.52. The van der Waals surface area contributed by atoms with Crippen molar-refractivity contribution in [3.8, 4) is 0 Å². The summed E-state index contributed by atoms with van der Waals surface area (Å²) in [6.07, 6.45) is -0.184. The van der Waals surface area contributed by atoms with Crippen LogP contribution in [0, 0.1) is 0 Å². The molecule has 1 unspecified atom stereocenters. The van der Waals surface area contributed by atoms with E-state index in [-0.39, 0.29) is 12.1 Å². The smallest absolute Gasteiger partial charge is 0.262 e. The molecule has 1 N–H and O–H groups in total. The number of rotatable bonds is 2. The minimum absolute atomic E-state index is 0.0248. The third-order valence-electron chi connectivity index (χ3n) is 3.82. The van der Waals surface area contributed by atoms with E-state index in [4.69, 9.17) is 0 Å². The molecule has 3 aromatic rings.